The number of halogens is 3. The predicted molar refractivity (Wildman–Crippen MR) is 92.2 cm³/mol. The maximum Gasteiger partial charge on any atom is 0.417 e. The molecule has 2 aromatic carbocycles. The van der Waals surface area contributed by atoms with Gasteiger partial charge in [0.15, 0.2) is 0 Å². The smallest absolute Gasteiger partial charge is 0.322 e. The van der Waals surface area contributed by atoms with Crippen molar-refractivity contribution in [2.45, 2.75) is 25.9 Å². The molecule has 1 heterocycles. The molecule has 0 fully saturated rings. The lowest BCUT2D eigenvalue weighted by molar-refractivity contribution is -0.137. The van der Waals surface area contributed by atoms with Gasteiger partial charge >= 0.3 is 6.18 Å². The summed E-state index contributed by atoms with van der Waals surface area (Å²) >= 11 is 0. The number of carbonyl (C=O) groups is 2. The second kappa shape index (κ2) is 6.82. The Morgan fingerprint density at radius 2 is 1.85 bits per heavy atom. The second-order valence-electron chi connectivity index (χ2n) is 6.12. The highest BCUT2D eigenvalue weighted by atomic mass is 19.4. The van der Waals surface area contributed by atoms with Crippen LogP contribution in [0.25, 0.3) is 0 Å². The number of carbonyl (C=O) groups excluding carboxylic acids is 2. The molecule has 0 aliphatic carbocycles. The van der Waals surface area contributed by atoms with Crippen LogP contribution in [-0.2, 0) is 17.4 Å². The number of alkyl halides is 3. The van der Waals surface area contributed by atoms with Gasteiger partial charge in [-0.25, -0.2) is 0 Å². The average Bonchev–Trinajstić information content (AvgIpc) is 2.60. The van der Waals surface area contributed by atoms with E-state index in [1.165, 1.54) is 19.1 Å². The first-order chi connectivity index (χ1) is 12.3. The average molecular weight is 362 g/mol. The van der Waals surface area contributed by atoms with E-state index in [0.29, 0.717) is 12.2 Å². The van der Waals surface area contributed by atoms with Gasteiger partial charge < -0.3 is 10.2 Å². The Morgan fingerprint density at radius 1 is 1.12 bits per heavy atom. The van der Waals surface area contributed by atoms with E-state index in [1.807, 2.05) is 0 Å². The molecule has 4 nitrogen and oxygen atoms in total. The summed E-state index contributed by atoms with van der Waals surface area (Å²) in [5, 5.41) is 2.52. The van der Waals surface area contributed by atoms with Crippen molar-refractivity contribution < 1.29 is 22.8 Å². The Labute approximate surface area is 148 Å². The summed E-state index contributed by atoms with van der Waals surface area (Å²) in [6.45, 7) is 2.12. The second-order valence-corrected chi connectivity index (χ2v) is 6.12. The van der Waals surface area contributed by atoms with Crippen LogP contribution in [0.4, 0.5) is 24.5 Å². The number of nitrogens with one attached hydrogen (secondary N) is 1. The summed E-state index contributed by atoms with van der Waals surface area (Å²) in [7, 11) is 0. The summed E-state index contributed by atoms with van der Waals surface area (Å²) in [5.74, 6) is -0.890. The first-order valence-electron chi connectivity index (χ1n) is 8.16. The highest BCUT2D eigenvalue weighted by Crippen LogP contribution is 2.33. The van der Waals surface area contributed by atoms with Gasteiger partial charge in [0.25, 0.3) is 5.91 Å². The Hall–Kier alpha value is -2.83. The van der Waals surface area contributed by atoms with Crippen molar-refractivity contribution in [2.24, 2.45) is 0 Å². The normalized spacial score (nSPS) is 13.9. The fourth-order valence-corrected chi connectivity index (χ4v) is 3.13. The molecule has 1 aliphatic heterocycles. The van der Waals surface area contributed by atoms with Crippen molar-refractivity contribution >= 4 is 23.2 Å². The van der Waals surface area contributed by atoms with E-state index in [0.717, 1.165) is 36.2 Å². The van der Waals surface area contributed by atoms with Crippen LogP contribution in [-0.4, -0.2) is 18.4 Å². The minimum absolute atomic E-state index is 0.0677. The van der Waals surface area contributed by atoms with Crippen LogP contribution in [0.15, 0.2) is 42.5 Å². The van der Waals surface area contributed by atoms with Gasteiger partial charge in [-0.1, -0.05) is 12.1 Å². The number of anilines is 2. The van der Waals surface area contributed by atoms with Crippen molar-refractivity contribution in [3.63, 3.8) is 0 Å². The third kappa shape index (κ3) is 3.56. The van der Waals surface area contributed by atoms with Gasteiger partial charge in [-0.2, -0.15) is 13.2 Å². The van der Waals surface area contributed by atoms with E-state index in [1.54, 1.807) is 23.1 Å². The molecule has 0 atom stereocenters. The Kier molecular flexibility index (Phi) is 4.71. The molecule has 0 saturated carbocycles. The maximum atomic E-state index is 13.1. The summed E-state index contributed by atoms with van der Waals surface area (Å²) in [6, 6.07) is 9.67. The molecule has 0 saturated heterocycles. The molecule has 0 spiro atoms. The van der Waals surface area contributed by atoms with E-state index in [2.05, 4.69) is 5.32 Å². The maximum absolute atomic E-state index is 13.1. The standard InChI is InChI=1S/C19H17F3N2O2/c1-12(25)24-10-4-5-13-11-14(8-9-17(13)24)23-18(26)15-6-2-3-7-16(15)19(20,21)22/h2-3,6-9,11H,4-5,10H2,1H3,(H,23,26). The molecular formula is C19H17F3N2O2. The van der Waals surface area contributed by atoms with Crippen molar-refractivity contribution in [2.75, 3.05) is 16.8 Å². The van der Waals surface area contributed by atoms with E-state index >= 15 is 0 Å². The van der Waals surface area contributed by atoms with E-state index < -0.39 is 23.2 Å². The summed E-state index contributed by atoms with van der Waals surface area (Å²) in [5.41, 5.74) is 0.656. The zero-order chi connectivity index (χ0) is 18.9. The fraction of sp³-hybridized carbons (Fsp3) is 0.263. The Bertz CT molecular complexity index is 862. The Morgan fingerprint density at radius 3 is 2.54 bits per heavy atom. The van der Waals surface area contributed by atoms with E-state index in [4.69, 9.17) is 0 Å². The van der Waals surface area contributed by atoms with Gasteiger partial charge in [-0.05, 0) is 48.7 Å². The Balaban J connectivity index is 1.87. The third-order valence-electron chi connectivity index (χ3n) is 4.31. The van der Waals surface area contributed by atoms with Gasteiger partial charge in [0.2, 0.25) is 5.91 Å². The molecule has 3 rings (SSSR count). The molecule has 0 aromatic heterocycles. The first kappa shape index (κ1) is 18.0. The number of hydrogen-bond acceptors (Lipinski definition) is 2. The minimum Gasteiger partial charge on any atom is -0.322 e. The number of fused-ring (bicyclic) bond motifs is 1. The summed E-state index contributed by atoms with van der Waals surface area (Å²) in [4.78, 5) is 25.7. The number of rotatable bonds is 2. The molecule has 1 aliphatic rings. The number of aryl methyl sites for hydroxylation is 1. The van der Waals surface area contributed by atoms with Gasteiger partial charge in [-0.15, -0.1) is 0 Å². The van der Waals surface area contributed by atoms with Gasteiger partial charge in [0, 0.05) is 24.8 Å². The van der Waals surface area contributed by atoms with Crippen molar-refractivity contribution in [1.29, 1.82) is 0 Å². The van der Waals surface area contributed by atoms with Crippen LogP contribution in [0.1, 0.15) is 34.8 Å². The van der Waals surface area contributed by atoms with E-state index in [9.17, 15) is 22.8 Å². The van der Waals surface area contributed by atoms with Crippen molar-refractivity contribution in [3.05, 3.63) is 59.2 Å². The van der Waals surface area contributed by atoms with Gasteiger partial charge in [0.1, 0.15) is 0 Å². The van der Waals surface area contributed by atoms with Crippen LogP contribution < -0.4 is 10.2 Å². The molecule has 0 bridgehead atoms. The topological polar surface area (TPSA) is 49.4 Å². The molecule has 0 radical (unpaired) electrons. The molecule has 2 aromatic rings. The number of benzene rings is 2. The molecular weight excluding hydrogens is 345 g/mol. The summed E-state index contributed by atoms with van der Waals surface area (Å²) in [6.07, 6.45) is -3.07. The predicted octanol–water partition coefficient (Wildman–Crippen LogP) is 4.26. The first-order valence-corrected chi connectivity index (χ1v) is 8.16. The van der Waals surface area contributed by atoms with Crippen LogP contribution in [0.2, 0.25) is 0 Å². The highest BCUT2D eigenvalue weighted by Gasteiger charge is 2.34. The zero-order valence-corrected chi connectivity index (χ0v) is 14.1. The zero-order valence-electron chi connectivity index (χ0n) is 14.1. The van der Waals surface area contributed by atoms with Crippen LogP contribution in [0.5, 0.6) is 0 Å². The van der Waals surface area contributed by atoms with Gasteiger partial charge in [-0.3, -0.25) is 9.59 Å². The minimum atomic E-state index is -4.61. The van der Waals surface area contributed by atoms with Crippen molar-refractivity contribution in [3.8, 4) is 0 Å². The number of amides is 2. The summed E-state index contributed by atoms with van der Waals surface area (Å²) < 4.78 is 39.2. The molecule has 2 amide bonds. The third-order valence-corrected chi connectivity index (χ3v) is 4.31. The fourth-order valence-electron chi connectivity index (χ4n) is 3.13. The van der Waals surface area contributed by atoms with Crippen LogP contribution in [0, 0.1) is 0 Å². The monoisotopic (exact) mass is 362 g/mol. The lowest BCUT2D eigenvalue weighted by Gasteiger charge is -2.29. The lowest BCUT2D eigenvalue weighted by atomic mass is 10.0. The number of nitrogens with zero attached hydrogens (tertiary/aromatic N) is 1. The molecule has 0 unspecified atom stereocenters. The van der Waals surface area contributed by atoms with Crippen molar-refractivity contribution in [1.82, 2.24) is 0 Å². The molecule has 7 heteroatoms. The highest BCUT2D eigenvalue weighted by molar-refractivity contribution is 6.05. The lowest BCUT2D eigenvalue weighted by Crippen LogP contribution is -2.33. The molecule has 136 valence electrons. The SMILES string of the molecule is CC(=O)N1CCCc2cc(NC(=O)c3ccccc3C(F)(F)F)ccc21. The molecule has 1 N–H and O–H groups in total. The largest absolute Gasteiger partial charge is 0.417 e. The van der Waals surface area contributed by atoms with Crippen LogP contribution >= 0.6 is 0 Å². The van der Waals surface area contributed by atoms with Gasteiger partial charge in [0.05, 0.1) is 11.1 Å². The quantitative estimate of drug-likeness (QED) is 0.868. The molecule has 26 heavy (non-hydrogen) atoms. The number of hydrogen-bond donors (Lipinski definition) is 1. The van der Waals surface area contributed by atoms with E-state index in [-0.39, 0.29) is 5.91 Å². The van der Waals surface area contributed by atoms with Crippen LogP contribution in [0.3, 0.4) is 0 Å².